The fourth-order valence-electron chi connectivity index (χ4n) is 3.63. The quantitative estimate of drug-likeness (QED) is 0.451. The minimum atomic E-state index is -1.79. The molecule has 2 rings (SSSR count). The fourth-order valence-corrected chi connectivity index (χ4v) is 7.33. The number of thiophene rings is 1. The first kappa shape index (κ1) is 22.2. The lowest BCUT2D eigenvalue weighted by Gasteiger charge is -2.34. The van der Waals surface area contributed by atoms with Crippen LogP contribution >= 0.6 is 11.3 Å². The second kappa shape index (κ2) is 9.91. The summed E-state index contributed by atoms with van der Waals surface area (Å²) in [5, 5.41) is 5.54. The van der Waals surface area contributed by atoms with Crippen LogP contribution in [0.4, 0.5) is 8.78 Å². The van der Waals surface area contributed by atoms with E-state index in [0.29, 0.717) is 18.7 Å². The monoisotopic (exact) mass is 411 g/mol. The van der Waals surface area contributed by atoms with Crippen molar-refractivity contribution in [1.82, 2.24) is 5.32 Å². The van der Waals surface area contributed by atoms with Crippen molar-refractivity contribution in [2.24, 2.45) is 0 Å². The maximum Gasteiger partial charge on any atom is 0.192 e. The van der Waals surface area contributed by atoms with Crippen molar-refractivity contribution in [3.8, 4) is 0 Å². The molecule has 1 N–H and O–H groups in total. The van der Waals surface area contributed by atoms with E-state index >= 15 is 0 Å². The normalized spacial score (nSPS) is 13.1. The van der Waals surface area contributed by atoms with E-state index in [2.05, 4.69) is 45.3 Å². The van der Waals surface area contributed by atoms with Crippen molar-refractivity contribution < 1.29 is 13.2 Å². The molecule has 0 fully saturated rings. The lowest BCUT2D eigenvalue weighted by Crippen LogP contribution is -2.40. The number of rotatable bonds is 10. The van der Waals surface area contributed by atoms with E-state index in [1.165, 1.54) is 28.1 Å². The summed E-state index contributed by atoms with van der Waals surface area (Å²) in [6.45, 7) is 12.0. The van der Waals surface area contributed by atoms with E-state index in [4.69, 9.17) is 4.43 Å². The van der Waals surface area contributed by atoms with Crippen molar-refractivity contribution in [1.29, 1.82) is 0 Å². The van der Waals surface area contributed by atoms with Gasteiger partial charge in [-0.2, -0.15) is 0 Å². The van der Waals surface area contributed by atoms with Crippen LogP contribution in [0.3, 0.4) is 0 Å². The topological polar surface area (TPSA) is 21.3 Å². The average Bonchev–Trinajstić information content (AvgIpc) is 2.96. The van der Waals surface area contributed by atoms with Gasteiger partial charge < -0.3 is 9.74 Å². The van der Waals surface area contributed by atoms with Gasteiger partial charge in [0.1, 0.15) is 11.6 Å². The molecule has 1 unspecified atom stereocenters. The molecular formula is C21H31F2NOSSi. The van der Waals surface area contributed by atoms with Crippen LogP contribution in [0.5, 0.6) is 0 Å². The Morgan fingerprint density at radius 2 is 1.63 bits per heavy atom. The predicted molar refractivity (Wildman–Crippen MR) is 113 cm³/mol. The molecule has 27 heavy (non-hydrogen) atoms. The van der Waals surface area contributed by atoms with Gasteiger partial charge in [0.15, 0.2) is 8.32 Å². The van der Waals surface area contributed by atoms with Crippen LogP contribution in [-0.4, -0.2) is 14.9 Å². The molecule has 0 aliphatic heterocycles. The Bertz CT molecular complexity index is 698. The van der Waals surface area contributed by atoms with Gasteiger partial charge >= 0.3 is 0 Å². The first-order chi connectivity index (χ1) is 12.8. The van der Waals surface area contributed by atoms with Crippen LogP contribution in [0.1, 0.15) is 48.4 Å². The van der Waals surface area contributed by atoms with Gasteiger partial charge in [-0.1, -0.05) is 20.8 Å². The van der Waals surface area contributed by atoms with Gasteiger partial charge in [-0.05, 0) is 66.2 Å². The van der Waals surface area contributed by atoms with Crippen molar-refractivity contribution in [3.05, 3.63) is 56.8 Å². The van der Waals surface area contributed by atoms with E-state index in [1.807, 2.05) is 0 Å². The summed E-state index contributed by atoms with van der Waals surface area (Å²) in [5.41, 5.74) is 3.13. The second-order valence-corrected chi connectivity index (χ2v) is 13.0. The molecule has 0 radical (unpaired) electrons. The van der Waals surface area contributed by atoms with E-state index in [-0.39, 0.29) is 6.10 Å². The summed E-state index contributed by atoms with van der Waals surface area (Å²) >= 11 is 1.75. The molecule has 1 atom stereocenters. The van der Waals surface area contributed by atoms with Gasteiger partial charge in [-0.3, -0.25) is 0 Å². The number of hydrogen-bond acceptors (Lipinski definition) is 3. The molecule has 6 heteroatoms. The van der Waals surface area contributed by atoms with E-state index < -0.39 is 20.0 Å². The Kier molecular flexibility index (Phi) is 8.15. The lowest BCUT2D eigenvalue weighted by molar-refractivity contribution is 0.185. The number of benzene rings is 1. The molecule has 2 aromatic rings. The summed E-state index contributed by atoms with van der Waals surface area (Å²) < 4.78 is 33.6. The summed E-state index contributed by atoms with van der Waals surface area (Å²) in [4.78, 5) is 1.28. The third-order valence-electron chi connectivity index (χ3n) is 5.45. The number of hydrogen-bond donors (Lipinski definition) is 1. The first-order valence-corrected chi connectivity index (χ1v) is 13.1. The van der Waals surface area contributed by atoms with Gasteiger partial charge in [0.05, 0.1) is 6.10 Å². The molecule has 0 aliphatic carbocycles. The van der Waals surface area contributed by atoms with Crippen molar-refractivity contribution in [2.45, 2.75) is 65.4 Å². The van der Waals surface area contributed by atoms with Crippen LogP contribution < -0.4 is 5.32 Å². The third kappa shape index (κ3) is 5.70. The zero-order chi connectivity index (χ0) is 20.0. The van der Waals surface area contributed by atoms with E-state index in [9.17, 15) is 8.78 Å². The molecule has 0 bridgehead atoms. The Labute approximate surface area is 167 Å². The zero-order valence-corrected chi connectivity index (χ0v) is 18.8. The van der Waals surface area contributed by atoms with Gasteiger partial charge in [-0.25, -0.2) is 8.78 Å². The van der Waals surface area contributed by atoms with Crippen LogP contribution in [-0.2, 0) is 11.0 Å². The molecule has 2 nitrogen and oxygen atoms in total. The predicted octanol–water partition coefficient (Wildman–Crippen LogP) is 6.50. The SMILES string of the molecule is CC[Si](CC)(CC)OC(CNCc1cc(F)cc(F)c1)c1c(C)csc1C. The maximum atomic E-state index is 13.4. The van der Waals surface area contributed by atoms with Crippen LogP contribution in [0.2, 0.25) is 18.1 Å². The van der Waals surface area contributed by atoms with Crippen molar-refractivity contribution >= 4 is 19.7 Å². The number of nitrogens with one attached hydrogen (secondary N) is 1. The van der Waals surface area contributed by atoms with Gasteiger partial charge in [0.25, 0.3) is 0 Å². The standard InChI is InChI=1S/C21H31F2NOSSi/c1-6-27(7-2,8-3)25-20(21-15(4)14-26-16(21)5)13-24-12-17-9-18(22)11-19(23)10-17/h9-11,14,20,24H,6-8,12-13H2,1-5H3. The summed E-state index contributed by atoms with van der Waals surface area (Å²) in [5.74, 6) is -1.09. The molecule has 0 amide bonds. The Balaban J connectivity index is 2.17. The van der Waals surface area contributed by atoms with E-state index in [1.54, 1.807) is 11.3 Å². The van der Waals surface area contributed by atoms with Gasteiger partial charge in [-0.15, -0.1) is 11.3 Å². The first-order valence-electron chi connectivity index (χ1n) is 9.72. The Hall–Kier alpha value is -1.08. The van der Waals surface area contributed by atoms with Crippen molar-refractivity contribution in [2.75, 3.05) is 6.54 Å². The van der Waals surface area contributed by atoms with Gasteiger partial charge in [0, 0.05) is 24.0 Å². The third-order valence-corrected chi connectivity index (χ3v) is 11.1. The molecule has 0 saturated heterocycles. The fraction of sp³-hybridized carbons (Fsp3) is 0.524. The largest absolute Gasteiger partial charge is 0.409 e. The number of aryl methyl sites for hydroxylation is 2. The molecule has 0 spiro atoms. The number of halogens is 2. The molecule has 0 saturated carbocycles. The van der Waals surface area contributed by atoms with Crippen LogP contribution in [0, 0.1) is 25.5 Å². The molecule has 1 aromatic carbocycles. The maximum absolute atomic E-state index is 13.4. The van der Waals surface area contributed by atoms with Crippen LogP contribution in [0.15, 0.2) is 23.6 Å². The summed E-state index contributed by atoms with van der Waals surface area (Å²) in [6.07, 6.45) is -0.0267. The molecular weight excluding hydrogens is 380 g/mol. The smallest absolute Gasteiger partial charge is 0.192 e. The minimum absolute atomic E-state index is 0.0267. The van der Waals surface area contributed by atoms with Crippen LogP contribution in [0.25, 0.3) is 0 Å². The van der Waals surface area contributed by atoms with E-state index in [0.717, 1.165) is 24.2 Å². The van der Waals surface area contributed by atoms with Gasteiger partial charge in [0.2, 0.25) is 0 Å². The molecule has 1 heterocycles. The highest BCUT2D eigenvalue weighted by atomic mass is 32.1. The minimum Gasteiger partial charge on any atom is -0.409 e. The highest BCUT2D eigenvalue weighted by Crippen LogP contribution is 2.34. The van der Waals surface area contributed by atoms with Crippen molar-refractivity contribution in [3.63, 3.8) is 0 Å². The molecule has 1 aromatic heterocycles. The lowest BCUT2D eigenvalue weighted by atomic mass is 10.1. The summed E-state index contributed by atoms with van der Waals surface area (Å²) in [7, 11) is -1.79. The molecule has 0 aliphatic rings. The highest BCUT2D eigenvalue weighted by molar-refractivity contribution is 7.10. The Morgan fingerprint density at radius 1 is 1.04 bits per heavy atom. The zero-order valence-electron chi connectivity index (χ0n) is 17.0. The highest BCUT2D eigenvalue weighted by Gasteiger charge is 2.33. The average molecular weight is 412 g/mol. The Morgan fingerprint density at radius 3 is 2.11 bits per heavy atom. The summed E-state index contributed by atoms with van der Waals surface area (Å²) in [6, 6.07) is 6.92. The second-order valence-electron chi connectivity index (χ2n) is 7.15. The molecule has 150 valence electrons.